The summed E-state index contributed by atoms with van der Waals surface area (Å²) in [5, 5.41) is 0. The predicted molar refractivity (Wildman–Crippen MR) is 109 cm³/mol. The summed E-state index contributed by atoms with van der Waals surface area (Å²) in [4.78, 5) is 29.4. The summed E-state index contributed by atoms with van der Waals surface area (Å²) < 4.78 is 11.2. The molecule has 3 heterocycles. The molecule has 3 fully saturated rings. The number of hydrogen-bond donors (Lipinski definition) is 0. The average molecular weight is 401 g/mol. The smallest absolute Gasteiger partial charge is 0.410 e. The van der Waals surface area contributed by atoms with Gasteiger partial charge in [0.15, 0.2) is 0 Å². The van der Waals surface area contributed by atoms with Crippen LogP contribution in [0.5, 0.6) is 0 Å². The van der Waals surface area contributed by atoms with Gasteiger partial charge in [0.2, 0.25) is 0 Å². The zero-order valence-corrected chi connectivity index (χ0v) is 17.1. The first-order valence-corrected chi connectivity index (χ1v) is 11.1. The Morgan fingerprint density at radius 3 is 2.55 bits per heavy atom. The molecule has 3 aliphatic rings. The normalized spacial score (nSPS) is 27.3. The second-order valence-electron chi connectivity index (χ2n) is 8.52. The van der Waals surface area contributed by atoms with Crippen LogP contribution < -0.4 is 0 Å². The van der Waals surface area contributed by atoms with Crippen LogP contribution in [0.2, 0.25) is 0 Å². The van der Waals surface area contributed by atoms with Gasteiger partial charge in [0.25, 0.3) is 0 Å². The lowest BCUT2D eigenvalue weighted by atomic mass is 9.84. The van der Waals surface area contributed by atoms with Crippen molar-refractivity contribution in [2.45, 2.75) is 63.6 Å². The maximum absolute atomic E-state index is 12.8. The minimum absolute atomic E-state index is 0.220. The summed E-state index contributed by atoms with van der Waals surface area (Å²) in [6.07, 6.45) is 7.11. The third-order valence-corrected chi connectivity index (χ3v) is 6.63. The second kappa shape index (κ2) is 9.61. The van der Waals surface area contributed by atoms with Crippen LogP contribution in [0, 0.1) is 5.92 Å². The van der Waals surface area contributed by atoms with E-state index in [1.165, 1.54) is 38.8 Å². The summed E-state index contributed by atoms with van der Waals surface area (Å²) in [7, 11) is 0. The summed E-state index contributed by atoms with van der Waals surface area (Å²) in [6, 6.07) is 9.64. The van der Waals surface area contributed by atoms with Crippen molar-refractivity contribution in [1.82, 2.24) is 9.80 Å². The summed E-state index contributed by atoms with van der Waals surface area (Å²) in [5.74, 6) is 0.153. The number of benzene rings is 1. The number of hydrogen-bond acceptors (Lipinski definition) is 5. The van der Waals surface area contributed by atoms with Crippen LogP contribution >= 0.6 is 0 Å². The van der Waals surface area contributed by atoms with Crippen molar-refractivity contribution in [2.24, 2.45) is 5.92 Å². The Hall–Kier alpha value is -2.08. The van der Waals surface area contributed by atoms with Gasteiger partial charge in [0.05, 0.1) is 6.61 Å². The Labute approximate surface area is 173 Å². The Morgan fingerprint density at radius 2 is 1.69 bits per heavy atom. The molecule has 4 rings (SSSR count). The van der Waals surface area contributed by atoms with E-state index in [4.69, 9.17) is 9.47 Å². The van der Waals surface area contributed by atoms with Crippen molar-refractivity contribution < 1.29 is 19.1 Å². The summed E-state index contributed by atoms with van der Waals surface area (Å²) >= 11 is 0. The van der Waals surface area contributed by atoms with E-state index < -0.39 is 12.1 Å². The molecule has 0 unspecified atom stereocenters. The van der Waals surface area contributed by atoms with Crippen LogP contribution in [0.15, 0.2) is 30.3 Å². The van der Waals surface area contributed by atoms with Gasteiger partial charge in [0, 0.05) is 18.5 Å². The molecular weight excluding hydrogens is 368 g/mol. The quantitative estimate of drug-likeness (QED) is 0.707. The third-order valence-electron chi connectivity index (χ3n) is 6.63. The number of fused-ring (bicyclic) bond motifs is 1. The first kappa shape index (κ1) is 20.2. The molecule has 1 aromatic rings. The van der Waals surface area contributed by atoms with Crippen LogP contribution in [0.4, 0.5) is 4.79 Å². The molecule has 3 saturated heterocycles. The fraction of sp³-hybridized carbons (Fsp3) is 0.652. The molecule has 1 aromatic carbocycles. The van der Waals surface area contributed by atoms with Gasteiger partial charge in [-0.1, -0.05) is 36.8 Å². The standard InChI is InChI=1S/C23H32N2O4/c26-22(28-17-19-10-6-14-24-13-5-4-11-20(19)24)21-12-7-15-25(21)23(27)29-16-18-8-2-1-3-9-18/h1-3,8-9,19-21H,4-7,10-17H2/t19-,20-,21-/m0/s1. The van der Waals surface area contributed by atoms with E-state index in [2.05, 4.69) is 4.90 Å². The van der Waals surface area contributed by atoms with E-state index in [1.54, 1.807) is 4.90 Å². The van der Waals surface area contributed by atoms with E-state index in [-0.39, 0.29) is 12.6 Å². The molecule has 6 heteroatoms. The summed E-state index contributed by atoms with van der Waals surface area (Å²) in [6.45, 7) is 3.60. The highest BCUT2D eigenvalue weighted by Crippen LogP contribution is 2.31. The van der Waals surface area contributed by atoms with E-state index in [1.807, 2.05) is 30.3 Å². The largest absolute Gasteiger partial charge is 0.464 e. The van der Waals surface area contributed by atoms with Crippen LogP contribution in [-0.4, -0.2) is 60.2 Å². The average Bonchev–Trinajstić information content (AvgIpc) is 3.27. The number of likely N-dealkylation sites (tertiary alicyclic amines) is 1. The number of amides is 1. The number of nitrogens with zero attached hydrogens (tertiary/aromatic N) is 2. The van der Waals surface area contributed by atoms with Crippen LogP contribution in [0.3, 0.4) is 0 Å². The summed E-state index contributed by atoms with van der Waals surface area (Å²) in [5.41, 5.74) is 0.938. The van der Waals surface area contributed by atoms with Crippen molar-refractivity contribution in [3.05, 3.63) is 35.9 Å². The topological polar surface area (TPSA) is 59.1 Å². The Morgan fingerprint density at radius 1 is 0.897 bits per heavy atom. The monoisotopic (exact) mass is 400 g/mol. The zero-order valence-electron chi connectivity index (χ0n) is 17.1. The fourth-order valence-corrected chi connectivity index (χ4v) is 5.09. The highest BCUT2D eigenvalue weighted by Gasteiger charge is 2.38. The zero-order chi connectivity index (χ0) is 20.1. The number of piperidine rings is 2. The van der Waals surface area contributed by atoms with Crippen molar-refractivity contribution in [3.63, 3.8) is 0 Å². The maximum Gasteiger partial charge on any atom is 0.410 e. The minimum atomic E-state index is -0.510. The minimum Gasteiger partial charge on any atom is -0.464 e. The lowest BCUT2D eigenvalue weighted by Gasteiger charge is -2.44. The number of esters is 1. The first-order valence-electron chi connectivity index (χ1n) is 11.1. The fourth-order valence-electron chi connectivity index (χ4n) is 5.09. The molecular formula is C23H32N2O4. The Balaban J connectivity index is 1.27. The van der Waals surface area contributed by atoms with Gasteiger partial charge in [0.1, 0.15) is 12.6 Å². The molecule has 0 aromatic heterocycles. The van der Waals surface area contributed by atoms with Crippen molar-refractivity contribution >= 4 is 12.1 Å². The van der Waals surface area contributed by atoms with Crippen molar-refractivity contribution in [1.29, 1.82) is 0 Å². The van der Waals surface area contributed by atoms with Gasteiger partial charge in [-0.3, -0.25) is 9.80 Å². The van der Waals surface area contributed by atoms with Crippen molar-refractivity contribution in [3.8, 4) is 0 Å². The lowest BCUT2D eigenvalue weighted by Crippen LogP contribution is -2.49. The molecule has 3 aliphatic heterocycles. The molecule has 0 aliphatic carbocycles. The van der Waals surface area contributed by atoms with Gasteiger partial charge in [-0.25, -0.2) is 9.59 Å². The van der Waals surface area contributed by atoms with Gasteiger partial charge in [-0.05, 0) is 57.2 Å². The highest BCUT2D eigenvalue weighted by atomic mass is 16.6. The van der Waals surface area contributed by atoms with Gasteiger partial charge < -0.3 is 9.47 Å². The molecule has 1 amide bonds. The highest BCUT2D eigenvalue weighted by molar-refractivity contribution is 5.82. The molecule has 29 heavy (non-hydrogen) atoms. The van der Waals surface area contributed by atoms with Crippen LogP contribution in [-0.2, 0) is 20.9 Å². The lowest BCUT2D eigenvalue weighted by molar-refractivity contribution is -0.151. The Bertz CT molecular complexity index is 693. The van der Waals surface area contributed by atoms with Crippen molar-refractivity contribution in [2.75, 3.05) is 26.2 Å². The molecule has 0 bridgehead atoms. The molecule has 158 valence electrons. The van der Waals surface area contributed by atoms with E-state index in [0.717, 1.165) is 18.4 Å². The second-order valence-corrected chi connectivity index (χ2v) is 8.52. The first-order chi connectivity index (χ1) is 14.2. The van der Waals surface area contributed by atoms with E-state index >= 15 is 0 Å². The molecule has 0 saturated carbocycles. The van der Waals surface area contributed by atoms with Crippen LogP contribution in [0.1, 0.15) is 50.5 Å². The Kier molecular flexibility index (Phi) is 6.70. The molecule has 6 nitrogen and oxygen atoms in total. The number of ether oxygens (including phenoxy) is 2. The molecule has 0 spiro atoms. The van der Waals surface area contributed by atoms with E-state index in [9.17, 15) is 9.59 Å². The molecule has 0 radical (unpaired) electrons. The van der Waals surface area contributed by atoms with Gasteiger partial charge >= 0.3 is 12.1 Å². The SMILES string of the molecule is O=C(OC[C@@H]1CCCN2CCCC[C@@H]12)[C@@H]1CCCN1C(=O)OCc1ccccc1. The van der Waals surface area contributed by atoms with Gasteiger partial charge in [-0.2, -0.15) is 0 Å². The third kappa shape index (κ3) is 4.92. The number of carbonyl (C=O) groups is 2. The predicted octanol–water partition coefficient (Wildman–Crippen LogP) is 3.60. The number of carbonyl (C=O) groups excluding carboxylic acids is 2. The maximum atomic E-state index is 12.8. The molecule has 0 N–H and O–H groups in total. The van der Waals surface area contributed by atoms with E-state index in [0.29, 0.717) is 31.5 Å². The van der Waals surface area contributed by atoms with Gasteiger partial charge in [-0.15, -0.1) is 0 Å². The molecule has 3 atom stereocenters. The number of rotatable bonds is 5. The van der Waals surface area contributed by atoms with Crippen LogP contribution in [0.25, 0.3) is 0 Å².